The SMILES string of the molecule is CC.COCCOCCOc1ccc(C(=O)NC(C)(CO)C(=O)OCc2ccccc2)c(O)c1. The topological polar surface area (TPSA) is 124 Å². The molecule has 0 bridgehead atoms. The number of aliphatic hydroxyl groups excluding tert-OH is 1. The first kappa shape index (κ1) is 28.9. The third-order valence-corrected chi connectivity index (χ3v) is 4.51. The Morgan fingerprint density at radius 3 is 2.29 bits per heavy atom. The molecule has 34 heavy (non-hydrogen) atoms. The Balaban J connectivity index is 0.00000281. The third-order valence-electron chi connectivity index (χ3n) is 4.51. The van der Waals surface area contributed by atoms with E-state index in [1.165, 1.54) is 25.1 Å². The average Bonchev–Trinajstić information content (AvgIpc) is 2.86. The number of phenolic OH excluding ortho intramolecular Hbond substituents is 1. The first-order valence-corrected chi connectivity index (χ1v) is 11.1. The Bertz CT molecular complexity index is 874. The van der Waals surface area contributed by atoms with Gasteiger partial charge in [-0.2, -0.15) is 0 Å². The van der Waals surface area contributed by atoms with Gasteiger partial charge in [-0.15, -0.1) is 0 Å². The van der Waals surface area contributed by atoms with Crippen molar-refractivity contribution in [1.82, 2.24) is 5.32 Å². The number of amides is 1. The van der Waals surface area contributed by atoms with Crippen LogP contribution in [0.4, 0.5) is 0 Å². The van der Waals surface area contributed by atoms with Crippen molar-refractivity contribution < 1.29 is 38.7 Å². The van der Waals surface area contributed by atoms with Crippen molar-refractivity contribution in [3.8, 4) is 11.5 Å². The van der Waals surface area contributed by atoms with Gasteiger partial charge in [0.2, 0.25) is 0 Å². The highest BCUT2D eigenvalue weighted by Crippen LogP contribution is 2.24. The Hall–Kier alpha value is -3.14. The summed E-state index contributed by atoms with van der Waals surface area (Å²) in [6, 6.07) is 13.2. The van der Waals surface area contributed by atoms with Crippen molar-refractivity contribution in [2.45, 2.75) is 32.9 Å². The van der Waals surface area contributed by atoms with Gasteiger partial charge in [0.15, 0.2) is 5.54 Å². The molecule has 0 aliphatic rings. The van der Waals surface area contributed by atoms with Crippen LogP contribution in [0.1, 0.15) is 36.7 Å². The van der Waals surface area contributed by atoms with E-state index in [2.05, 4.69) is 5.32 Å². The zero-order chi connectivity index (χ0) is 25.4. The van der Waals surface area contributed by atoms with Crippen molar-refractivity contribution in [2.24, 2.45) is 0 Å². The van der Waals surface area contributed by atoms with Gasteiger partial charge in [0, 0.05) is 13.2 Å². The van der Waals surface area contributed by atoms with Crippen LogP contribution in [0.3, 0.4) is 0 Å². The van der Waals surface area contributed by atoms with Crippen LogP contribution in [0.5, 0.6) is 11.5 Å². The predicted molar refractivity (Wildman–Crippen MR) is 127 cm³/mol. The van der Waals surface area contributed by atoms with Gasteiger partial charge in [-0.3, -0.25) is 4.79 Å². The number of ether oxygens (including phenoxy) is 4. The molecular weight excluding hydrogens is 442 g/mol. The molecule has 0 aliphatic carbocycles. The van der Waals surface area contributed by atoms with E-state index < -0.39 is 24.0 Å². The second kappa shape index (κ2) is 15.7. The Kier molecular flexibility index (Phi) is 13.3. The number of hydrogen-bond acceptors (Lipinski definition) is 8. The lowest BCUT2D eigenvalue weighted by molar-refractivity contribution is -0.153. The van der Waals surface area contributed by atoms with Crippen molar-refractivity contribution in [3.05, 3.63) is 59.7 Å². The van der Waals surface area contributed by atoms with E-state index >= 15 is 0 Å². The smallest absolute Gasteiger partial charge is 0.334 e. The monoisotopic (exact) mass is 477 g/mol. The molecule has 3 N–H and O–H groups in total. The summed E-state index contributed by atoms with van der Waals surface area (Å²) in [4.78, 5) is 25.1. The zero-order valence-corrected chi connectivity index (χ0v) is 20.2. The fourth-order valence-corrected chi connectivity index (χ4v) is 2.61. The third kappa shape index (κ3) is 9.38. The van der Waals surface area contributed by atoms with Gasteiger partial charge in [-0.05, 0) is 24.6 Å². The molecule has 0 heterocycles. The number of phenols is 1. The van der Waals surface area contributed by atoms with Gasteiger partial charge in [0.05, 0.1) is 32.0 Å². The van der Waals surface area contributed by atoms with Crippen LogP contribution in [-0.2, 0) is 25.6 Å². The number of carbonyl (C=O) groups is 2. The first-order chi connectivity index (χ1) is 16.4. The average molecular weight is 478 g/mol. The number of nitrogens with one attached hydrogen (secondary N) is 1. The second-order valence-electron chi connectivity index (χ2n) is 7.14. The van der Waals surface area contributed by atoms with Crippen molar-refractivity contribution in [1.29, 1.82) is 0 Å². The summed E-state index contributed by atoms with van der Waals surface area (Å²) in [6.45, 7) is 6.18. The van der Waals surface area contributed by atoms with Crippen LogP contribution in [0.15, 0.2) is 48.5 Å². The highest BCUT2D eigenvalue weighted by molar-refractivity contribution is 6.00. The van der Waals surface area contributed by atoms with Gasteiger partial charge >= 0.3 is 5.97 Å². The molecule has 9 heteroatoms. The molecule has 2 aromatic rings. The van der Waals surface area contributed by atoms with Crippen molar-refractivity contribution in [3.63, 3.8) is 0 Å². The minimum Gasteiger partial charge on any atom is -0.507 e. The van der Waals surface area contributed by atoms with E-state index in [0.29, 0.717) is 25.6 Å². The number of hydrogen-bond donors (Lipinski definition) is 3. The molecule has 1 amide bonds. The van der Waals surface area contributed by atoms with Crippen LogP contribution in [0, 0.1) is 0 Å². The highest BCUT2D eigenvalue weighted by Gasteiger charge is 2.37. The molecule has 0 radical (unpaired) electrons. The van der Waals surface area contributed by atoms with Crippen LogP contribution in [-0.4, -0.2) is 67.8 Å². The summed E-state index contributed by atoms with van der Waals surface area (Å²) in [6.07, 6.45) is 0. The van der Waals surface area contributed by atoms with Crippen molar-refractivity contribution in [2.75, 3.05) is 40.1 Å². The predicted octanol–water partition coefficient (Wildman–Crippen LogP) is 2.68. The molecule has 2 aromatic carbocycles. The normalized spacial score (nSPS) is 12.0. The maximum atomic E-state index is 12.6. The molecular formula is C25H35NO8. The van der Waals surface area contributed by atoms with Crippen molar-refractivity contribution >= 4 is 11.9 Å². The minimum absolute atomic E-state index is 0.00238. The summed E-state index contributed by atoms with van der Waals surface area (Å²) in [7, 11) is 1.58. The lowest BCUT2D eigenvalue weighted by Crippen LogP contribution is -2.55. The van der Waals surface area contributed by atoms with E-state index in [4.69, 9.17) is 18.9 Å². The summed E-state index contributed by atoms with van der Waals surface area (Å²) in [5.41, 5.74) is -0.999. The number of benzene rings is 2. The van der Waals surface area contributed by atoms with Gasteiger partial charge < -0.3 is 34.5 Å². The van der Waals surface area contributed by atoms with Crippen LogP contribution in [0.25, 0.3) is 0 Å². The molecule has 0 fully saturated rings. The Labute approximate surface area is 200 Å². The van der Waals surface area contributed by atoms with E-state index in [1.54, 1.807) is 31.4 Å². The van der Waals surface area contributed by atoms with E-state index in [0.717, 1.165) is 5.56 Å². The summed E-state index contributed by atoms with van der Waals surface area (Å²) >= 11 is 0. The van der Waals surface area contributed by atoms with E-state index in [9.17, 15) is 19.8 Å². The number of aromatic hydroxyl groups is 1. The molecule has 188 valence electrons. The maximum Gasteiger partial charge on any atom is 0.334 e. The Morgan fingerprint density at radius 1 is 1.00 bits per heavy atom. The number of esters is 1. The van der Waals surface area contributed by atoms with Crippen LogP contribution in [0.2, 0.25) is 0 Å². The first-order valence-electron chi connectivity index (χ1n) is 11.1. The molecule has 0 saturated carbocycles. The van der Waals surface area contributed by atoms with E-state index in [1.807, 2.05) is 19.9 Å². The second-order valence-corrected chi connectivity index (χ2v) is 7.14. The minimum atomic E-state index is -1.69. The summed E-state index contributed by atoms with van der Waals surface area (Å²) < 4.78 is 20.8. The summed E-state index contributed by atoms with van der Waals surface area (Å²) in [5, 5.41) is 22.4. The number of aliphatic hydroxyl groups is 1. The standard InChI is InChI=1S/C23H29NO8.C2H6/c1-23(16-25,22(28)32-15-17-6-4-3-5-7-17)24-21(27)19-9-8-18(14-20(19)26)31-13-12-30-11-10-29-2;1-2/h3-9,14,25-26H,10-13,15-16H2,1-2H3,(H,24,27);1-2H3. The van der Waals surface area contributed by atoms with Gasteiger partial charge in [-0.1, -0.05) is 44.2 Å². The summed E-state index contributed by atoms with van der Waals surface area (Å²) in [5.74, 6) is -1.53. The molecule has 0 aliphatic heterocycles. The molecule has 1 unspecified atom stereocenters. The molecule has 1 atom stereocenters. The molecule has 0 aromatic heterocycles. The van der Waals surface area contributed by atoms with Gasteiger partial charge in [-0.25, -0.2) is 4.79 Å². The lowest BCUT2D eigenvalue weighted by atomic mass is 10.0. The molecule has 2 rings (SSSR count). The fourth-order valence-electron chi connectivity index (χ4n) is 2.61. The molecule has 0 saturated heterocycles. The number of carbonyl (C=O) groups excluding carboxylic acids is 2. The number of rotatable bonds is 13. The van der Waals surface area contributed by atoms with Gasteiger partial charge in [0.25, 0.3) is 5.91 Å². The number of methoxy groups -OCH3 is 1. The van der Waals surface area contributed by atoms with E-state index in [-0.39, 0.29) is 24.5 Å². The molecule has 0 spiro atoms. The quantitative estimate of drug-likeness (QED) is 0.297. The van der Waals surface area contributed by atoms with Crippen LogP contribution >= 0.6 is 0 Å². The van der Waals surface area contributed by atoms with Gasteiger partial charge in [0.1, 0.15) is 24.7 Å². The largest absolute Gasteiger partial charge is 0.507 e. The van der Waals surface area contributed by atoms with Crippen LogP contribution < -0.4 is 10.1 Å². The maximum absolute atomic E-state index is 12.6. The zero-order valence-electron chi connectivity index (χ0n) is 20.2. The Morgan fingerprint density at radius 2 is 1.68 bits per heavy atom. The molecule has 9 nitrogen and oxygen atoms in total. The lowest BCUT2D eigenvalue weighted by Gasteiger charge is -2.26. The highest BCUT2D eigenvalue weighted by atomic mass is 16.5. The fraction of sp³-hybridized carbons (Fsp3) is 0.440.